The van der Waals surface area contributed by atoms with Crippen LogP contribution >= 0.6 is 11.6 Å². The van der Waals surface area contributed by atoms with Gasteiger partial charge in [0, 0.05) is 5.02 Å². The molecule has 0 bridgehead atoms. The van der Waals surface area contributed by atoms with Gasteiger partial charge in [0.1, 0.15) is 0 Å². The lowest BCUT2D eigenvalue weighted by Crippen LogP contribution is -2.08. The highest BCUT2D eigenvalue weighted by Crippen LogP contribution is 2.27. The molecule has 3 heteroatoms. The number of carbonyl (C=O) groups excluding carboxylic acids is 1. The molecule has 0 unspecified atom stereocenters. The zero-order chi connectivity index (χ0) is 13.7. The van der Waals surface area contributed by atoms with Crippen molar-refractivity contribution in [3.05, 3.63) is 59.1 Å². The number of ether oxygens (including phenoxy) is 1. The summed E-state index contributed by atoms with van der Waals surface area (Å²) >= 11 is 6.01. The van der Waals surface area contributed by atoms with E-state index < -0.39 is 0 Å². The summed E-state index contributed by atoms with van der Waals surface area (Å²) in [5.41, 5.74) is 2.97. The topological polar surface area (TPSA) is 26.3 Å². The van der Waals surface area contributed by atoms with E-state index in [4.69, 9.17) is 16.3 Å². The van der Waals surface area contributed by atoms with Crippen LogP contribution in [0.25, 0.3) is 11.1 Å². The van der Waals surface area contributed by atoms with Crippen LogP contribution < -0.4 is 0 Å². The summed E-state index contributed by atoms with van der Waals surface area (Å²) in [7, 11) is 0. The number of rotatable bonds is 4. The molecule has 0 aliphatic heterocycles. The van der Waals surface area contributed by atoms with E-state index in [1.807, 2.05) is 48.5 Å². The lowest BCUT2D eigenvalue weighted by atomic mass is 9.98. The maximum atomic E-state index is 11.6. The van der Waals surface area contributed by atoms with Crippen molar-refractivity contribution in [3.8, 4) is 11.1 Å². The fourth-order valence-corrected chi connectivity index (χ4v) is 2.17. The lowest BCUT2D eigenvalue weighted by Gasteiger charge is -2.10. The Kier molecular flexibility index (Phi) is 4.58. The van der Waals surface area contributed by atoms with Crippen LogP contribution in [0.5, 0.6) is 0 Å². The molecule has 0 N–H and O–H groups in total. The van der Waals surface area contributed by atoms with Gasteiger partial charge in [0.15, 0.2) is 0 Å². The summed E-state index contributed by atoms with van der Waals surface area (Å²) in [5, 5.41) is 0.624. The summed E-state index contributed by atoms with van der Waals surface area (Å²) in [6.07, 6.45) is 0.235. The molecule has 2 nitrogen and oxygen atoms in total. The molecular weight excluding hydrogens is 260 g/mol. The third-order valence-corrected chi connectivity index (χ3v) is 3.03. The number of hydrogen-bond acceptors (Lipinski definition) is 2. The third kappa shape index (κ3) is 3.58. The number of esters is 1. The zero-order valence-electron chi connectivity index (χ0n) is 10.7. The summed E-state index contributed by atoms with van der Waals surface area (Å²) in [6.45, 7) is 2.19. The molecule has 0 saturated heterocycles. The summed E-state index contributed by atoms with van der Waals surface area (Å²) in [4.78, 5) is 11.6. The minimum atomic E-state index is -0.234. The predicted molar refractivity (Wildman–Crippen MR) is 77.2 cm³/mol. The number of halogens is 1. The van der Waals surface area contributed by atoms with Gasteiger partial charge >= 0.3 is 5.97 Å². The Hall–Kier alpha value is -1.80. The molecule has 98 valence electrons. The Morgan fingerprint density at radius 2 is 1.89 bits per heavy atom. The lowest BCUT2D eigenvalue weighted by molar-refractivity contribution is -0.142. The molecule has 0 aromatic heterocycles. The van der Waals surface area contributed by atoms with Crippen molar-refractivity contribution in [1.29, 1.82) is 0 Å². The van der Waals surface area contributed by atoms with Gasteiger partial charge in [-0.05, 0) is 35.7 Å². The minimum Gasteiger partial charge on any atom is -0.466 e. The van der Waals surface area contributed by atoms with Crippen LogP contribution in [0.4, 0.5) is 0 Å². The third-order valence-electron chi connectivity index (χ3n) is 2.79. The second-order valence-electron chi connectivity index (χ2n) is 4.15. The SMILES string of the molecule is CCOC(=O)Cc1cc(Cl)ccc1-c1ccccc1. The molecule has 2 aromatic carbocycles. The summed E-state index contributed by atoms with van der Waals surface area (Å²) in [5.74, 6) is -0.234. The van der Waals surface area contributed by atoms with Gasteiger partial charge in [-0.1, -0.05) is 48.0 Å². The van der Waals surface area contributed by atoms with Crippen LogP contribution in [0, 0.1) is 0 Å². The quantitative estimate of drug-likeness (QED) is 0.784. The molecule has 0 fully saturated rings. The maximum absolute atomic E-state index is 11.6. The highest BCUT2D eigenvalue weighted by atomic mass is 35.5. The van der Waals surface area contributed by atoms with E-state index in [-0.39, 0.29) is 12.4 Å². The predicted octanol–water partition coefficient (Wildman–Crippen LogP) is 4.11. The average Bonchev–Trinajstić information content (AvgIpc) is 2.40. The fourth-order valence-electron chi connectivity index (χ4n) is 1.98. The molecule has 0 amide bonds. The molecule has 0 radical (unpaired) electrons. The Morgan fingerprint density at radius 1 is 1.16 bits per heavy atom. The largest absolute Gasteiger partial charge is 0.466 e. The molecule has 0 heterocycles. The number of carbonyl (C=O) groups is 1. The van der Waals surface area contributed by atoms with E-state index in [0.29, 0.717) is 11.6 Å². The molecule has 0 atom stereocenters. The Labute approximate surface area is 118 Å². The van der Waals surface area contributed by atoms with E-state index in [2.05, 4.69) is 0 Å². The molecule has 0 aliphatic rings. The Morgan fingerprint density at radius 3 is 2.58 bits per heavy atom. The van der Waals surface area contributed by atoms with Crippen molar-refractivity contribution in [2.75, 3.05) is 6.61 Å². The van der Waals surface area contributed by atoms with E-state index in [0.717, 1.165) is 16.7 Å². The standard InChI is InChI=1S/C16H15ClO2/c1-2-19-16(18)11-13-10-14(17)8-9-15(13)12-6-4-3-5-7-12/h3-10H,2,11H2,1H3. The minimum absolute atomic E-state index is 0.234. The van der Waals surface area contributed by atoms with Crippen molar-refractivity contribution >= 4 is 17.6 Å². The molecule has 19 heavy (non-hydrogen) atoms. The van der Waals surface area contributed by atoms with Gasteiger partial charge in [-0.2, -0.15) is 0 Å². The molecule has 0 spiro atoms. The van der Waals surface area contributed by atoms with Gasteiger partial charge in [0.05, 0.1) is 13.0 Å². The molecule has 2 rings (SSSR count). The van der Waals surface area contributed by atoms with Gasteiger partial charge in [0.2, 0.25) is 0 Å². The van der Waals surface area contributed by atoms with Crippen LogP contribution in [0.1, 0.15) is 12.5 Å². The normalized spacial score (nSPS) is 10.2. The second-order valence-corrected chi connectivity index (χ2v) is 4.59. The highest BCUT2D eigenvalue weighted by Gasteiger charge is 2.10. The number of hydrogen-bond donors (Lipinski definition) is 0. The Bertz CT molecular complexity index is 564. The first-order valence-corrected chi connectivity index (χ1v) is 6.58. The molecule has 0 saturated carbocycles. The fraction of sp³-hybridized carbons (Fsp3) is 0.188. The van der Waals surface area contributed by atoms with Crippen LogP contribution in [0.2, 0.25) is 5.02 Å². The first kappa shape index (κ1) is 13.6. The van der Waals surface area contributed by atoms with Crippen molar-refractivity contribution in [3.63, 3.8) is 0 Å². The van der Waals surface area contributed by atoms with Crippen molar-refractivity contribution < 1.29 is 9.53 Å². The van der Waals surface area contributed by atoms with Crippen molar-refractivity contribution in [1.82, 2.24) is 0 Å². The van der Waals surface area contributed by atoms with Crippen molar-refractivity contribution in [2.24, 2.45) is 0 Å². The van der Waals surface area contributed by atoms with E-state index in [9.17, 15) is 4.79 Å². The van der Waals surface area contributed by atoms with Crippen LogP contribution in [0.15, 0.2) is 48.5 Å². The van der Waals surface area contributed by atoms with Gasteiger partial charge in [-0.25, -0.2) is 0 Å². The second kappa shape index (κ2) is 6.39. The molecule has 0 aliphatic carbocycles. The number of benzene rings is 2. The van der Waals surface area contributed by atoms with Crippen LogP contribution in [-0.4, -0.2) is 12.6 Å². The van der Waals surface area contributed by atoms with Gasteiger partial charge < -0.3 is 4.74 Å². The van der Waals surface area contributed by atoms with E-state index >= 15 is 0 Å². The summed E-state index contributed by atoms with van der Waals surface area (Å²) < 4.78 is 4.99. The summed E-state index contributed by atoms with van der Waals surface area (Å²) in [6, 6.07) is 15.5. The first-order valence-electron chi connectivity index (χ1n) is 6.20. The Balaban J connectivity index is 2.36. The van der Waals surface area contributed by atoms with Gasteiger partial charge in [-0.15, -0.1) is 0 Å². The molecule has 2 aromatic rings. The van der Waals surface area contributed by atoms with Gasteiger partial charge in [0.25, 0.3) is 0 Å². The van der Waals surface area contributed by atoms with Gasteiger partial charge in [-0.3, -0.25) is 4.79 Å². The van der Waals surface area contributed by atoms with Crippen LogP contribution in [-0.2, 0) is 16.0 Å². The maximum Gasteiger partial charge on any atom is 0.310 e. The average molecular weight is 275 g/mol. The highest BCUT2D eigenvalue weighted by molar-refractivity contribution is 6.30. The van der Waals surface area contributed by atoms with E-state index in [1.54, 1.807) is 6.92 Å². The smallest absolute Gasteiger partial charge is 0.310 e. The zero-order valence-corrected chi connectivity index (χ0v) is 11.5. The molecular formula is C16H15ClO2. The monoisotopic (exact) mass is 274 g/mol. The van der Waals surface area contributed by atoms with Crippen LogP contribution in [0.3, 0.4) is 0 Å². The first-order chi connectivity index (χ1) is 9.20. The van der Waals surface area contributed by atoms with E-state index in [1.165, 1.54) is 0 Å². The van der Waals surface area contributed by atoms with Crippen molar-refractivity contribution in [2.45, 2.75) is 13.3 Å².